The highest BCUT2D eigenvalue weighted by Gasteiger charge is 2.16. The van der Waals surface area contributed by atoms with Crippen molar-refractivity contribution in [3.63, 3.8) is 0 Å². The van der Waals surface area contributed by atoms with Gasteiger partial charge in [-0.05, 0) is 25.0 Å². The maximum Gasteiger partial charge on any atom is 0.250 e. The molecule has 0 aliphatic heterocycles. The van der Waals surface area contributed by atoms with Crippen molar-refractivity contribution in [3.05, 3.63) is 28.6 Å². The monoisotopic (exact) mass is 362 g/mol. The van der Waals surface area contributed by atoms with Crippen LogP contribution in [0.15, 0.2) is 33.5 Å². The van der Waals surface area contributed by atoms with E-state index in [9.17, 15) is 8.42 Å². The van der Waals surface area contributed by atoms with E-state index < -0.39 is 10.0 Å². The van der Waals surface area contributed by atoms with Gasteiger partial charge in [0.1, 0.15) is 4.21 Å². The van der Waals surface area contributed by atoms with Crippen LogP contribution >= 0.6 is 22.9 Å². The molecule has 9 heteroatoms. The van der Waals surface area contributed by atoms with Crippen molar-refractivity contribution in [2.24, 2.45) is 4.99 Å². The molecule has 0 amide bonds. The third-order valence-electron chi connectivity index (χ3n) is 3.10. The molecule has 1 heterocycles. The molecule has 1 aromatic rings. The summed E-state index contributed by atoms with van der Waals surface area (Å²) in [4.78, 5) is 4.12. The molecule has 0 saturated heterocycles. The molecule has 0 fully saturated rings. The van der Waals surface area contributed by atoms with E-state index in [1.54, 1.807) is 13.1 Å². The van der Waals surface area contributed by atoms with E-state index in [-0.39, 0.29) is 10.8 Å². The van der Waals surface area contributed by atoms with Gasteiger partial charge in [-0.25, -0.2) is 13.1 Å². The molecule has 22 heavy (non-hydrogen) atoms. The largest absolute Gasteiger partial charge is 0.355 e. The summed E-state index contributed by atoms with van der Waals surface area (Å²) >= 11 is 6.79. The van der Waals surface area contributed by atoms with Crippen LogP contribution in [0.3, 0.4) is 0 Å². The molecule has 0 unspecified atom stereocenters. The summed E-state index contributed by atoms with van der Waals surface area (Å²) < 4.78 is 27.2. The van der Waals surface area contributed by atoms with Gasteiger partial charge >= 0.3 is 0 Å². The van der Waals surface area contributed by atoms with Gasteiger partial charge in [-0.3, -0.25) is 4.99 Å². The Bertz CT molecular complexity index is 647. The zero-order valence-corrected chi connectivity index (χ0v) is 14.6. The number of nitrogens with one attached hydrogen (secondary N) is 3. The van der Waals surface area contributed by atoms with E-state index in [1.807, 2.05) is 0 Å². The van der Waals surface area contributed by atoms with Crippen LogP contribution in [0.25, 0.3) is 0 Å². The summed E-state index contributed by atoms with van der Waals surface area (Å²) in [6.07, 6.45) is 6.22. The first-order valence-electron chi connectivity index (χ1n) is 6.88. The minimum absolute atomic E-state index is 0.219. The Balaban J connectivity index is 1.73. The van der Waals surface area contributed by atoms with Crippen LogP contribution in [-0.2, 0) is 10.0 Å². The fourth-order valence-electron chi connectivity index (χ4n) is 2.00. The van der Waals surface area contributed by atoms with E-state index in [2.05, 4.69) is 32.5 Å². The Morgan fingerprint density at radius 1 is 1.36 bits per heavy atom. The molecule has 0 atom stereocenters. The number of hydrogen-bond donors (Lipinski definition) is 3. The first-order chi connectivity index (χ1) is 10.5. The van der Waals surface area contributed by atoms with Crippen molar-refractivity contribution in [2.45, 2.75) is 23.1 Å². The maximum absolute atomic E-state index is 12.0. The smallest absolute Gasteiger partial charge is 0.250 e. The zero-order chi connectivity index (χ0) is 16.0. The van der Waals surface area contributed by atoms with Crippen LogP contribution < -0.4 is 15.4 Å². The van der Waals surface area contributed by atoms with E-state index in [4.69, 9.17) is 11.6 Å². The van der Waals surface area contributed by atoms with Gasteiger partial charge in [-0.15, -0.1) is 11.3 Å². The van der Waals surface area contributed by atoms with Gasteiger partial charge in [0.15, 0.2) is 5.96 Å². The Hall–Kier alpha value is -1.09. The lowest BCUT2D eigenvalue weighted by Crippen LogP contribution is -2.44. The summed E-state index contributed by atoms with van der Waals surface area (Å²) in [5, 5.41) is 6.37. The molecule has 0 aromatic carbocycles. The van der Waals surface area contributed by atoms with Crippen molar-refractivity contribution in [1.82, 2.24) is 15.4 Å². The summed E-state index contributed by atoms with van der Waals surface area (Å²) in [5.74, 6) is 0.673. The quantitative estimate of drug-likeness (QED) is 0.310. The van der Waals surface area contributed by atoms with E-state index in [0.29, 0.717) is 22.9 Å². The zero-order valence-electron chi connectivity index (χ0n) is 12.2. The van der Waals surface area contributed by atoms with Crippen LogP contribution in [0.5, 0.6) is 0 Å². The van der Waals surface area contributed by atoms with Crippen LogP contribution in [0.2, 0.25) is 4.34 Å². The van der Waals surface area contributed by atoms with Crippen molar-refractivity contribution in [2.75, 3.05) is 20.1 Å². The SMILES string of the molecule is CN=C(NCCNS(=O)(=O)c1ccc(Cl)s1)NC1CC=CC1. The standard InChI is InChI=1S/C13H19ClN4O2S2/c1-15-13(18-10-4-2-3-5-10)16-8-9-17-22(19,20)12-7-6-11(14)21-12/h2-3,6-7,10,17H,4-5,8-9H2,1H3,(H2,15,16,18). The number of thiophene rings is 1. The number of hydrogen-bond acceptors (Lipinski definition) is 4. The van der Waals surface area contributed by atoms with Crippen molar-refractivity contribution in [3.8, 4) is 0 Å². The molecule has 0 saturated carbocycles. The lowest BCUT2D eigenvalue weighted by molar-refractivity contribution is 0.581. The fraction of sp³-hybridized carbons (Fsp3) is 0.462. The number of halogens is 1. The average molecular weight is 363 g/mol. The Morgan fingerprint density at radius 2 is 2.09 bits per heavy atom. The minimum atomic E-state index is -3.49. The molecule has 0 spiro atoms. The maximum atomic E-state index is 12.0. The topological polar surface area (TPSA) is 82.6 Å². The van der Waals surface area contributed by atoms with Gasteiger partial charge in [0.25, 0.3) is 0 Å². The highest BCUT2D eigenvalue weighted by molar-refractivity contribution is 7.91. The Morgan fingerprint density at radius 3 is 2.68 bits per heavy atom. The summed E-state index contributed by atoms with van der Waals surface area (Å²) in [7, 11) is -1.80. The molecular weight excluding hydrogens is 344 g/mol. The van der Waals surface area contributed by atoms with E-state index in [0.717, 1.165) is 24.2 Å². The third kappa shape index (κ3) is 4.98. The van der Waals surface area contributed by atoms with Crippen LogP contribution in [-0.4, -0.2) is 40.6 Å². The highest BCUT2D eigenvalue weighted by Crippen LogP contribution is 2.25. The molecule has 6 nitrogen and oxygen atoms in total. The van der Waals surface area contributed by atoms with Gasteiger partial charge in [-0.1, -0.05) is 23.8 Å². The number of nitrogens with zero attached hydrogens (tertiary/aromatic N) is 1. The molecule has 1 aliphatic rings. The number of sulfonamides is 1. The normalized spacial score (nSPS) is 16.2. The highest BCUT2D eigenvalue weighted by atomic mass is 35.5. The van der Waals surface area contributed by atoms with Gasteiger partial charge in [0.2, 0.25) is 10.0 Å². The van der Waals surface area contributed by atoms with Crippen LogP contribution in [0, 0.1) is 0 Å². The number of aliphatic imine (C=N–C) groups is 1. The second kappa shape index (κ2) is 7.96. The summed E-state index contributed by atoms with van der Waals surface area (Å²) in [5.41, 5.74) is 0. The lowest BCUT2D eigenvalue weighted by Gasteiger charge is -2.16. The molecule has 3 N–H and O–H groups in total. The van der Waals surface area contributed by atoms with Crippen molar-refractivity contribution < 1.29 is 8.42 Å². The predicted molar refractivity (Wildman–Crippen MR) is 91.2 cm³/mol. The average Bonchev–Trinajstić information content (AvgIpc) is 3.13. The van der Waals surface area contributed by atoms with E-state index in [1.165, 1.54) is 6.07 Å². The molecule has 2 rings (SSSR count). The summed E-state index contributed by atoms with van der Waals surface area (Å²) in [6, 6.07) is 3.42. The molecule has 122 valence electrons. The molecule has 0 bridgehead atoms. The molecule has 0 radical (unpaired) electrons. The fourth-order valence-corrected chi connectivity index (χ4v) is 4.56. The van der Waals surface area contributed by atoms with Crippen molar-refractivity contribution in [1.29, 1.82) is 0 Å². The second-order valence-electron chi connectivity index (χ2n) is 4.74. The first kappa shape index (κ1) is 17.3. The van der Waals surface area contributed by atoms with Crippen LogP contribution in [0.1, 0.15) is 12.8 Å². The third-order valence-corrected chi connectivity index (χ3v) is 6.28. The minimum Gasteiger partial charge on any atom is -0.355 e. The van der Waals surface area contributed by atoms with Gasteiger partial charge in [0, 0.05) is 26.2 Å². The predicted octanol–water partition coefficient (Wildman–Crippen LogP) is 1.56. The first-order valence-corrected chi connectivity index (χ1v) is 9.56. The molecule has 1 aliphatic carbocycles. The van der Waals surface area contributed by atoms with Gasteiger partial charge < -0.3 is 10.6 Å². The summed E-state index contributed by atoms with van der Waals surface area (Å²) in [6.45, 7) is 0.708. The van der Waals surface area contributed by atoms with Crippen molar-refractivity contribution >= 4 is 38.9 Å². The number of rotatable bonds is 6. The lowest BCUT2D eigenvalue weighted by atomic mass is 10.2. The molecule has 1 aromatic heterocycles. The van der Waals surface area contributed by atoms with E-state index >= 15 is 0 Å². The Labute approximate surface area is 139 Å². The van der Waals surface area contributed by atoms with Gasteiger partial charge in [-0.2, -0.15) is 0 Å². The number of guanidine groups is 1. The van der Waals surface area contributed by atoms with Gasteiger partial charge in [0.05, 0.1) is 4.34 Å². The van der Waals surface area contributed by atoms with Crippen LogP contribution in [0.4, 0.5) is 0 Å². The second-order valence-corrected chi connectivity index (χ2v) is 8.45. The Kier molecular flexibility index (Phi) is 6.25. The molecular formula is C13H19ClN4O2S2.